The fraction of sp³-hybridized carbons (Fsp3) is 0.429. The first-order valence-corrected chi connectivity index (χ1v) is 12.0. The summed E-state index contributed by atoms with van der Waals surface area (Å²) in [5.41, 5.74) is 3.17. The molecule has 0 bridgehead atoms. The topological polar surface area (TPSA) is 53.5 Å². The Kier molecular flexibility index (Phi) is 6.58. The van der Waals surface area contributed by atoms with E-state index in [1.807, 2.05) is 24.3 Å². The Labute approximate surface area is 204 Å². The maximum absolute atomic E-state index is 6.22. The molecule has 3 aromatic rings. The molecule has 34 heavy (non-hydrogen) atoms. The van der Waals surface area contributed by atoms with Crippen LogP contribution in [0.5, 0.6) is 5.75 Å². The summed E-state index contributed by atoms with van der Waals surface area (Å²) in [6.45, 7) is 15.4. The number of hydrogen-bond acceptors (Lipinski definition) is 5. The molecule has 2 aromatic heterocycles. The van der Waals surface area contributed by atoms with E-state index in [1.165, 1.54) is 5.56 Å². The molecule has 0 amide bonds. The highest BCUT2D eigenvalue weighted by molar-refractivity contribution is 6.62. The number of benzene rings is 1. The van der Waals surface area contributed by atoms with E-state index >= 15 is 0 Å². The minimum atomic E-state index is -0.363. The molecule has 5 nitrogen and oxygen atoms in total. The molecule has 1 atom stereocenters. The second kappa shape index (κ2) is 9.16. The number of ether oxygens (including phenoxy) is 1. The van der Waals surface area contributed by atoms with Crippen LogP contribution in [0.15, 0.2) is 67.0 Å². The van der Waals surface area contributed by atoms with Gasteiger partial charge in [0.25, 0.3) is 0 Å². The fourth-order valence-electron chi connectivity index (χ4n) is 4.16. The van der Waals surface area contributed by atoms with Gasteiger partial charge in [0, 0.05) is 11.6 Å². The third-order valence-corrected chi connectivity index (χ3v) is 7.57. The maximum Gasteiger partial charge on any atom is 0.494 e. The summed E-state index contributed by atoms with van der Waals surface area (Å²) in [6, 6.07) is 18.4. The minimum Gasteiger partial charge on any atom is -0.486 e. The van der Waals surface area contributed by atoms with E-state index in [0.717, 1.165) is 22.6 Å². The Morgan fingerprint density at radius 2 is 1.59 bits per heavy atom. The summed E-state index contributed by atoms with van der Waals surface area (Å²) < 4.78 is 18.3. The average molecular weight is 458 g/mol. The zero-order valence-electron chi connectivity index (χ0n) is 21.3. The summed E-state index contributed by atoms with van der Waals surface area (Å²) in [4.78, 5) is 9.11. The standard InChI is InChI=1S/C28H35BN2O3/c1-20(2)28(7,25-16-15-24(18-31-25)32-19-23-10-8-9-17-30-23)21-11-13-22(14-12-21)29-33-26(3,4)27(5,6)34-29/h8-18,20H,19H2,1-7H3. The Morgan fingerprint density at radius 3 is 2.12 bits per heavy atom. The van der Waals surface area contributed by atoms with Gasteiger partial charge in [0.1, 0.15) is 12.4 Å². The number of aromatic nitrogens is 2. The van der Waals surface area contributed by atoms with E-state index in [4.69, 9.17) is 19.0 Å². The summed E-state index contributed by atoms with van der Waals surface area (Å²) in [6.07, 6.45) is 3.57. The Balaban J connectivity index is 1.53. The first kappa shape index (κ1) is 24.4. The number of pyridine rings is 2. The molecule has 1 aliphatic rings. The van der Waals surface area contributed by atoms with Crippen LogP contribution >= 0.6 is 0 Å². The molecule has 178 valence electrons. The molecule has 3 heterocycles. The van der Waals surface area contributed by atoms with Crippen LogP contribution in [-0.4, -0.2) is 28.3 Å². The van der Waals surface area contributed by atoms with Crippen LogP contribution in [0.3, 0.4) is 0 Å². The molecule has 6 heteroatoms. The van der Waals surface area contributed by atoms with Crippen molar-refractivity contribution in [2.75, 3.05) is 0 Å². The average Bonchev–Trinajstić information content (AvgIpc) is 3.05. The molecule has 1 aliphatic heterocycles. The highest BCUT2D eigenvalue weighted by atomic mass is 16.7. The lowest BCUT2D eigenvalue weighted by Gasteiger charge is -2.34. The monoisotopic (exact) mass is 458 g/mol. The van der Waals surface area contributed by atoms with Crippen molar-refractivity contribution in [1.29, 1.82) is 0 Å². The summed E-state index contributed by atoms with van der Waals surface area (Å²) >= 11 is 0. The maximum atomic E-state index is 6.22. The largest absolute Gasteiger partial charge is 0.494 e. The molecule has 0 N–H and O–H groups in total. The Bertz CT molecular complexity index is 1080. The van der Waals surface area contributed by atoms with Gasteiger partial charge in [-0.1, -0.05) is 44.2 Å². The van der Waals surface area contributed by atoms with Crippen molar-refractivity contribution in [3.8, 4) is 5.75 Å². The molecule has 1 fully saturated rings. The van der Waals surface area contributed by atoms with E-state index < -0.39 is 0 Å². The number of rotatable bonds is 7. The summed E-state index contributed by atoms with van der Waals surface area (Å²) in [5, 5.41) is 0. The van der Waals surface area contributed by atoms with Crippen molar-refractivity contribution < 1.29 is 14.0 Å². The molecule has 0 saturated carbocycles. The molecule has 0 radical (unpaired) electrons. The highest BCUT2D eigenvalue weighted by Crippen LogP contribution is 2.39. The van der Waals surface area contributed by atoms with Crippen LogP contribution < -0.4 is 10.2 Å². The van der Waals surface area contributed by atoms with Gasteiger partial charge in [-0.3, -0.25) is 9.97 Å². The van der Waals surface area contributed by atoms with Crippen LogP contribution in [0.4, 0.5) is 0 Å². The molecule has 0 aliphatic carbocycles. The molecular formula is C28H35BN2O3. The van der Waals surface area contributed by atoms with E-state index in [1.54, 1.807) is 12.4 Å². The first-order valence-electron chi connectivity index (χ1n) is 12.0. The van der Waals surface area contributed by atoms with Crippen LogP contribution in [0.25, 0.3) is 0 Å². The third kappa shape index (κ3) is 4.62. The summed E-state index contributed by atoms with van der Waals surface area (Å²) in [7, 11) is -0.363. The lowest BCUT2D eigenvalue weighted by atomic mass is 9.69. The van der Waals surface area contributed by atoms with E-state index in [9.17, 15) is 0 Å². The first-order chi connectivity index (χ1) is 16.0. The van der Waals surface area contributed by atoms with Gasteiger partial charge in [0.05, 0.1) is 28.8 Å². The lowest BCUT2D eigenvalue weighted by Crippen LogP contribution is -2.41. The van der Waals surface area contributed by atoms with Gasteiger partial charge in [-0.2, -0.15) is 0 Å². The number of nitrogens with zero attached hydrogens (tertiary/aromatic N) is 2. The van der Waals surface area contributed by atoms with Crippen LogP contribution in [0.2, 0.25) is 0 Å². The zero-order valence-corrected chi connectivity index (χ0v) is 21.3. The Morgan fingerprint density at radius 1 is 0.912 bits per heavy atom. The normalized spacial score (nSPS) is 18.6. The van der Waals surface area contributed by atoms with E-state index in [2.05, 4.69) is 83.8 Å². The molecule has 4 rings (SSSR count). The van der Waals surface area contributed by atoms with Crippen LogP contribution in [-0.2, 0) is 21.3 Å². The van der Waals surface area contributed by atoms with Crippen molar-refractivity contribution in [1.82, 2.24) is 9.97 Å². The lowest BCUT2D eigenvalue weighted by molar-refractivity contribution is 0.00578. The van der Waals surface area contributed by atoms with Gasteiger partial charge >= 0.3 is 7.12 Å². The SMILES string of the molecule is CC(C)C(C)(c1ccc(B2OC(C)(C)C(C)(C)O2)cc1)c1ccc(OCc2ccccn2)cn1. The van der Waals surface area contributed by atoms with Gasteiger partial charge in [0.2, 0.25) is 0 Å². The predicted octanol–water partition coefficient (Wildman–Crippen LogP) is 5.32. The third-order valence-electron chi connectivity index (χ3n) is 7.57. The molecule has 1 saturated heterocycles. The van der Waals surface area contributed by atoms with Gasteiger partial charge in [-0.25, -0.2) is 0 Å². The van der Waals surface area contributed by atoms with Crippen molar-refractivity contribution in [2.24, 2.45) is 5.92 Å². The molecule has 1 unspecified atom stereocenters. The molecule has 0 spiro atoms. The minimum absolute atomic E-state index is 0.256. The molecule has 1 aromatic carbocycles. The smallest absolute Gasteiger partial charge is 0.486 e. The second-order valence-corrected chi connectivity index (χ2v) is 10.6. The van der Waals surface area contributed by atoms with Crippen molar-refractivity contribution in [3.63, 3.8) is 0 Å². The number of hydrogen-bond donors (Lipinski definition) is 0. The van der Waals surface area contributed by atoms with Gasteiger partial charge in [-0.05, 0) is 75.8 Å². The predicted molar refractivity (Wildman–Crippen MR) is 136 cm³/mol. The molecular weight excluding hydrogens is 423 g/mol. The fourth-order valence-corrected chi connectivity index (χ4v) is 4.16. The van der Waals surface area contributed by atoms with E-state index in [0.29, 0.717) is 12.5 Å². The van der Waals surface area contributed by atoms with Crippen molar-refractivity contribution in [3.05, 3.63) is 83.9 Å². The quantitative estimate of drug-likeness (QED) is 0.449. The summed E-state index contributed by atoms with van der Waals surface area (Å²) in [5.74, 6) is 1.07. The van der Waals surface area contributed by atoms with Gasteiger partial charge in [0.15, 0.2) is 0 Å². The van der Waals surface area contributed by atoms with Gasteiger partial charge < -0.3 is 14.0 Å². The highest BCUT2D eigenvalue weighted by Gasteiger charge is 2.51. The zero-order chi connectivity index (χ0) is 24.6. The van der Waals surface area contributed by atoms with Gasteiger partial charge in [-0.15, -0.1) is 0 Å². The Hall–Kier alpha value is -2.70. The van der Waals surface area contributed by atoms with Crippen LogP contribution in [0.1, 0.15) is 65.4 Å². The van der Waals surface area contributed by atoms with E-state index in [-0.39, 0.29) is 23.7 Å². The second-order valence-electron chi connectivity index (χ2n) is 10.6. The van der Waals surface area contributed by atoms with Crippen molar-refractivity contribution in [2.45, 2.75) is 71.7 Å². The van der Waals surface area contributed by atoms with Crippen LogP contribution in [0, 0.1) is 5.92 Å². The van der Waals surface area contributed by atoms with Crippen molar-refractivity contribution >= 4 is 12.6 Å².